The highest BCUT2D eigenvalue weighted by Gasteiger charge is 2.10. The first-order valence-corrected chi connectivity index (χ1v) is 9.03. The van der Waals surface area contributed by atoms with E-state index in [0.29, 0.717) is 42.1 Å². The number of ether oxygens (including phenoxy) is 1. The van der Waals surface area contributed by atoms with Gasteiger partial charge in [0.05, 0.1) is 6.54 Å². The van der Waals surface area contributed by atoms with Gasteiger partial charge in [0.1, 0.15) is 12.4 Å². The molecule has 0 atom stereocenters. The minimum absolute atomic E-state index is 0.0880. The summed E-state index contributed by atoms with van der Waals surface area (Å²) in [6, 6.07) is 9.00. The van der Waals surface area contributed by atoms with Gasteiger partial charge in [-0.25, -0.2) is 0 Å². The van der Waals surface area contributed by atoms with Crippen molar-refractivity contribution >= 4 is 28.8 Å². The summed E-state index contributed by atoms with van der Waals surface area (Å²) in [4.78, 5) is 16.1. The van der Waals surface area contributed by atoms with Crippen LogP contribution >= 0.6 is 22.9 Å². The van der Waals surface area contributed by atoms with Crippen LogP contribution < -0.4 is 10.1 Å². The second-order valence-corrected chi connectivity index (χ2v) is 6.39. The summed E-state index contributed by atoms with van der Waals surface area (Å²) in [6.45, 7) is 0.807. The molecule has 0 spiro atoms. The van der Waals surface area contributed by atoms with Crippen molar-refractivity contribution in [1.82, 2.24) is 15.5 Å². The number of aromatic nitrogens is 2. The monoisotopic (exact) mass is 377 g/mol. The quantitative estimate of drug-likeness (QED) is 0.607. The average Bonchev–Trinajstić information content (AvgIpc) is 3.29. The Hall–Kier alpha value is -2.38. The van der Waals surface area contributed by atoms with Gasteiger partial charge in [0.15, 0.2) is 0 Å². The van der Waals surface area contributed by atoms with Crippen molar-refractivity contribution in [3.8, 4) is 17.1 Å². The van der Waals surface area contributed by atoms with Gasteiger partial charge in [0, 0.05) is 28.8 Å². The Morgan fingerprint density at radius 3 is 2.88 bits per heavy atom. The highest BCUT2D eigenvalue weighted by atomic mass is 35.5. The Kier molecular flexibility index (Phi) is 6.03. The maximum absolute atomic E-state index is 11.8. The molecule has 0 unspecified atom stereocenters. The third kappa shape index (κ3) is 5.30. The molecule has 130 valence electrons. The number of hydrogen-bond acceptors (Lipinski definition) is 6. The van der Waals surface area contributed by atoms with Gasteiger partial charge in [-0.1, -0.05) is 16.8 Å². The number of nitrogens with one attached hydrogen (secondary N) is 1. The third-order valence-corrected chi connectivity index (χ3v) is 4.26. The maximum atomic E-state index is 11.8. The lowest BCUT2D eigenvalue weighted by Crippen LogP contribution is -2.28. The van der Waals surface area contributed by atoms with E-state index in [1.165, 1.54) is 0 Å². The van der Waals surface area contributed by atoms with Crippen LogP contribution in [0.3, 0.4) is 0 Å². The highest BCUT2D eigenvalue weighted by Crippen LogP contribution is 2.19. The van der Waals surface area contributed by atoms with Crippen molar-refractivity contribution in [3.05, 3.63) is 52.0 Å². The lowest BCUT2D eigenvalue weighted by Gasteiger charge is -2.07. The fourth-order valence-corrected chi connectivity index (χ4v) is 2.82. The number of amides is 1. The number of rotatable bonds is 8. The molecule has 0 saturated heterocycles. The minimum Gasteiger partial charge on any atom is -0.492 e. The van der Waals surface area contributed by atoms with E-state index < -0.39 is 0 Å². The first-order valence-electron chi connectivity index (χ1n) is 7.71. The van der Waals surface area contributed by atoms with Crippen molar-refractivity contribution < 1.29 is 14.1 Å². The van der Waals surface area contributed by atoms with Gasteiger partial charge >= 0.3 is 0 Å². The van der Waals surface area contributed by atoms with E-state index in [1.54, 1.807) is 35.6 Å². The molecule has 2 aromatic heterocycles. The van der Waals surface area contributed by atoms with E-state index >= 15 is 0 Å². The molecule has 0 aliphatic carbocycles. The molecule has 1 N–H and O–H groups in total. The number of aryl methyl sites for hydroxylation is 1. The molecule has 0 fully saturated rings. The van der Waals surface area contributed by atoms with Crippen molar-refractivity contribution in [3.63, 3.8) is 0 Å². The molecule has 0 bridgehead atoms. The number of halogens is 1. The Bertz CT molecular complexity index is 803. The van der Waals surface area contributed by atoms with E-state index in [1.807, 2.05) is 16.8 Å². The van der Waals surface area contributed by atoms with Crippen LogP contribution in [0.25, 0.3) is 11.4 Å². The first kappa shape index (κ1) is 17.4. The number of thiophene rings is 1. The highest BCUT2D eigenvalue weighted by molar-refractivity contribution is 7.08. The van der Waals surface area contributed by atoms with Crippen molar-refractivity contribution in [2.45, 2.75) is 12.8 Å². The zero-order valence-corrected chi connectivity index (χ0v) is 14.8. The van der Waals surface area contributed by atoms with Crippen molar-refractivity contribution in [1.29, 1.82) is 0 Å². The predicted molar refractivity (Wildman–Crippen MR) is 95.9 cm³/mol. The molecule has 3 aromatic rings. The molecular formula is C17H16ClN3O3S. The van der Waals surface area contributed by atoms with Crippen LogP contribution in [0.2, 0.25) is 5.02 Å². The fraction of sp³-hybridized carbons (Fsp3) is 0.235. The molecular weight excluding hydrogens is 362 g/mol. The van der Waals surface area contributed by atoms with E-state index in [0.717, 1.165) is 5.56 Å². The van der Waals surface area contributed by atoms with Gasteiger partial charge in [0.25, 0.3) is 0 Å². The van der Waals surface area contributed by atoms with E-state index in [2.05, 4.69) is 15.5 Å². The van der Waals surface area contributed by atoms with Gasteiger partial charge < -0.3 is 14.6 Å². The molecule has 2 heterocycles. The molecule has 0 aliphatic rings. The van der Waals surface area contributed by atoms with E-state index in [4.69, 9.17) is 20.9 Å². The SMILES string of the molecule is O=C(CCc1nc(-c2ccsc2)no1)NCCOc1ccc(Cl)cc1. The Balaban J connectivity index is 1.35. The Morgan fingerprint density at radius 2 is 2.12 bits per heavy atom. The van der Waals surface area contributed by atoms with Gasteiger partial charge in [-0.2, -0.15) is 16.3 Å². The lowest BCUT2D eigenvalue weighted by molar-refractivity contribution is -0.121. The van der Waals surface area contributed by atoms with E-state index in [9.17, 15) is 4.79 Å². The smallest absolute Gasteiger partial charge is 0.227 e. The summed E-state index contributed by atoms with van der Waals surface area (Å²) in [6.07, 6.45) is 0.688. The molecule has 8 heteroatoms. The largest absolute Gasteiger partial charge is 0.492 e. The number of hydrogen-bond donors (Lipinski definition) is 1. The molecule has 6 nitrogen and oxygen atoms in total. The lowest BCUT2D eigenvalue weighted by atomic mass is 10.3. The van der Waals surface area contributed by atoms with Crippen LogP contribution in [0.4, 0.5) is 0 Å². The number of nitrogens with zero attached hydrogens (tertiary/aromatic N) is 2. The molecule has 0 saturated carbocycles. The molecule has 3 rings (SSSR count). The van der Waals surface area contributed by atoms with Crippen molar-refractivity contribution in [2.24, 2.45) is 0 Å². The summed E-state index contributed by atoms with van der Waals surface area (Å²) >= 11 is 7.37. The summed E-state index contributed by atoms with van der Waals surface area (Å²) in [5.74, 6) is 1.63. The topological polar surface area (TPSA) is 77.2 Å². The van der Waals surface area contributed by atoms with Gasteiger partial charge in [0.2, 0.25) is 17.6 Å². The summed E-state index contributed by atoms with van der Waals surface area (Å²) in [5, 5.41) is 11.3. The second-order valence-electron chi connectivity index (χ2n) is 5.18. The van der Waals surface area contributed by atoms with E-state index in [-0.39, 0.29) is 12.3 Å². The van der Waals surface area contributed by atoms with Crippen LogP contribution in [-0.2, 0) is 11.2 Å². The Labute approximate surface area is 153 Å². The third-order valence-electron chi connectivity index (χ3n) is 3.32. The number of carbonyl (C=O) groups is 1. The summed E-state index contributed by atoms with van der Waals surface area (Å²) in [5.41, 5.74) is 0.920. The standard InChI is InChI=1S/C17H16ClN3O3S/c18-13-1-3-14(4-2-13)23-9-8-19-15(22)5-6-16-20-17(21-24-16)12-7-10-25-11-12/h1-4,7,10-11H,5-6,8-9H2,(H,19,22). The minimum atomic E-state index is -0.0880. The fourth-order valence-electron chi connectivity index (χ4n) is 2.06. The zero-order valence-electron chi connectivity index (χ0n) is 13.3. The molecule has 0 radical (unpaired) electrons. The van der Waals surface area contributed by atoms with Gasteiger partial charge in [-0.05, 0) is 35.7 Å². The molecule has 1 aromatic carbocycles. The molecule has 0 aliphatic heterocycles. The summed E-state index contributed by atoms with van der Waals surface area (Å²) < 4.78 is 10.7. The molecule has 25 heavy (non-hydrogen) atoms. The maximum Gasteiger partial charge on any atom is 0.227 e. The first-order chi connectivity index (χ1) is 12.2. The Morgan fingerprint density at radius 1 is 1.28 bits per heavy atom. The summed E-state index contributed by atoms with van der Waals surface area (Å²) in [7, 11) is 0. The van der Waals surface area contributed by atoms with Crippen molar-refractivity contribution in [2.75, 3.05) is 13.2 Å². The predicted octanol–water partition coefficient (Wildman–Crippen LogP) is 3.58. The van der Waals surface area contributed by atoms with Crippen LogP contribution in [-0.4, -0.2) is 29.2 Å². The zero-order chi connectivity index (χ0) is 17.5. The number of carbonyl (C=O) groups excluding carboxylic acids is 1. The average molecular weight is 378 g/mol. The van der Waals surface area contributed by atoms with Crippen LogP contribution in [0.1, 0.15) is 12.3 Å². The molecule has 1 amide bonds. The van der Waals surface area contributed by atoms with Crippen LogP contribution in [0.5, 0.6) is 5.75 Å². The van der Waals surface area contributed by atoms with Crippen LogP contribution in [0.15, 0.2) is 45.6 Å². The van der Waals surface area contributed by atoms with Gasteiger partial charge in [-0.15, -0.1) is 0 Å². The normalized spacial score (nSPS) is 10.6. The van der Waals surface area contributed by atoms with Crippen LogP contribution in [0, 0.1) is 0 Å². The second kappa shape index (κ2) is 8.64. The number of benzene rings is 1. The van der Waals surface area contributed by atoms with Gasteiger partial charge in [-0.3, -0.25) is 4.79 Å².